The van der Waals surface area contributed by atoms with E-state index in [-0.39, 0.29) is 5.91 Å². The average Bonchev–Trinajstić information content (AvgIpc) is 3.07. The quantitative estimate of drug-likeness (QED) is 0.714. The minimum absolute atomic E-state index is 0.264. The number of hydrogen-bond acceptors (Lipinski definition) is 7. The fourth-order valence-electron chi connectivity index (χ4n) is 3.42. The van der Waals surface area contributed by atoms with Crippen molar-refractivity contribution in [1.29, 1.82) is 0 Å². The van der Waals surface area contributed by atoms with Gasteiger partial charge in [-0.3, -0.25) is 9.69 Å². The van der Waals surface area contributed by atoms with Crippen LogP contribution in [0.3, 0.4) is 0 Å². The largest absolute Gasteiger partial charge is 0.361 e. The second-order valence-corrected chi connectivity index (χ2v) is 7.16. The van der Waals surface area contributed by atoms with E-state index >= 15 is 0 Å². The molecule has 0 radical (unpaired) electrons. The van der Waals surface area contributed by atoms with Crippen LogP contribution in [0.25, 0.3) is 0 Å². The standard InChI is InChI=1S/C21H24N6O2/c1-15-18(16(2)29-25-15)14-26-10-12-27(13-11-26)20-9-8-19(23-24-20)21(28)22-17-6-4-3-5-7-17/h3-9H,10-14H2,1-2H3,(H,22,28). The second-order valence-electron chi connectivity index (χ2n) is 7.16. The van der Waals surface area contributed by atoms with Gasteiger partial charge >= 0.3 is 0 Å². The van der Waals surface area contributed by atoms with Gasteiger partial charge in [-0.15, -0.1) is 10.2 Å². The summed E-state index contributed by atoms with van der Waals surface area (Å²) in [5.41, 5.74) is 3.17. The summed E-state index contributed by atoms with van der Waals surface area (Å²) in [6, 6.07) is 12.9. The van der Waals surface area contributed by atoms with Crippen LogP contribution >= 0.6 is 0 Å². The van der Waals surface area contributed by atoms with Crippen LogP contribution in [0.2, 0.25) is 0 Å². The van der Waals surface area contributed by atoms with E-state index in [1.807, 2.05) is 50.2 Å². The van der Waals surface area contributed by atoms with Gasteiger partial charge in [-0.05, 0) is 38.1 Å². The topological polar surface area (TPSA) is 87.4 Å². The lowest BCUT2D eigenvalue weighted by Gasteiger charge is -2.35. The Morgan fingerprint density at radius 2 is 1.79 bits per heavy atom. The molecule has 29 heavy (non-hydrogen) atoms. The molecule has 4 rings (SSSR count). The maximum absolute atomic E-state index is 12.3. The Morgan fingerprint density at radius 3 is 2.41 bits per heavy atom. The lowest BCUT2D eigenvalue weighted by atomic mass is 10.2. The van der Waals surface area contributed by atoms with Crippen molar-refractivity contribution < 1.29 is 9.32 Å². The average molecular weight is 392 g/mol. The first-order valence-corrected chi connectivity index (χ1v) is 9.69. The van der Waals surface area contributed by atoms with E-state index in [4.69, 9.17) is 4.52 Å². The predicted molar refractivity (Wildman–Crippen MR) is 110 cm³/mol. The molecule has 150 valence electrons. The zero-order valence-electron chi connectivity index (χ0n) is 16.6. The van der Waals surface area contributed by atoms with Gasteiger partial charge in [-0.2, -0.15) is 0 Å². The first-order valence-electron chi connectivity index (χ1n) is 9.69. The summed E-state index contributed by atoms with van der Waals surface area (Å²) in [4.78, 5) is 16.9. The number of anilines is 2. The van der Waals surface area contributed by atoms with Gasteiger partial charge in [0.25, 0.3) is 5.91 Å². The molecule has 0 atom stereocenters. The molecule has 1 N–H and O–H groups in total. The van der Waals surface area contributed by atoms with E-state index in [1.54, 1.807) is 6.07 Å². The molecule has 2 aromatic heterocycles. The number of carbonyl (C=O) groups is 1. The Morgan fingerprint density at radius 1 is 1.03 bits per heavy atom. The summed E-state index contributed by atoms with van der Waals surface area (Å²) in [5.74, 6) is 1.41. The molecule has 3 heterocycles. The Kier molecular flexibility index (Phi) is 5.53. The summed E-state index contributed by atoms with van der Waals surface area (Å²) < 4.78 is 5.26. The highest BCUT2D eigenvalue weighted by molar-refractivity contribution is 6.02. The number of amides is 1. The Balaban J connectivity index is 1.32. The van der Waals surface area contributed by atoms with Crippen molar-refractivity contribution in [2.24, 2.45) is 0 Å². The van der Waals surface area contributed by atoms with Crippen molar-refractivity contribution in [3.05, 3.63) is 65.2 Å². The van der Waals surface area contributed by atoms with Crippen molar-refractivity contribution in [2.45, 2.75) is 20.4 Å². The summed E-state index contributed by atoms with van der Waals surface area (Å²) >= 11 is 0. The van der Waals surface area contributed by atoms with Crippen LogP contribution in [-0.2, 0) is 6.54 Å². The number of aromatic nitrogens is 3. The van der Waals surface area contributed by atoms with Crippen LogP contribution in [0.4, 0.5) is 11.5 Å². The normalized spacial score (nSPS) is 14.8. The van der Waals surface area contributed by atoms with Gasteiger partial charge in [0, 0.05) is 44.0 Å². The highest BCUT2D eigenvalue weighted by Gasteiger charge is 2.21. The number of para-hydroxylation sites is 1. The lowest BCUT2D eigenvalue weighted by Crippen LogP contribution is -2.46. The van der Waals surface area contributed by atoms with E-state index in [2.05, 4.69) is 30.5 Å². The number of nitrogens with one attached hydrogen (secondary N) is 1. The van der Waals surface area contributed by atoms with Crippen LogP contribution < -0.4 is 10.2 Å². The number of benzene rings is 1. The van der Waals surface area contributed by atoms with Crippen LogP contribution in [0, 0.1) is 13.8 Å². The van der Waals surface area contributed by atoms with Gasteiger partial charge in [0.15, 0.2) is 11.5 Å². The molecule has 0 saturated carbocycles. The molecule has 1 saturated heterocycles. The maximum Gasteiger partial charge on any atom is 0.276 e. The first kappa shape index (κ1) is 19.1. The third-order valence-corrected chi connectivity index (χ3v) is 5.17. The van der Waals surface area contributed by atoms with Crippen molar-refractivity contribution in [3.63, 3.8) is 0 Å². The number of nitrogens with zero attached hydrogens (tertiary/aromatic N) is 5. The van der Waals surface area contributed by atoms with Crippen LogP contribution in [-0.4, -0.2) is 52.3 Å². The minimum Gasteiger partial charge on any atom is -0.361 e. The van der Waals surface area contributed by atoms with Gasteiger partial charge in [0.2, 0.25) is 0 Å². The SMILES string of the molecule is Cc1noc(C)c1CN1CCN(c2ccc(C(=O)Nc3ccccc3)nn2)CC1. The third-order valence-electron chi connectivity index (χ3n) is 5.17. The molecular formula is C21H24N6O2. The van der Waals surface area contributed by atoms with Crippen LogP contribution in [0.5, 0.6) is 0 Å². The molecule has 0 unspecified atom stereocenters. The fourth-order valence-corrected chi connectivity index (χ4v) is 3.42. The lowest BCUT2D eigenvalue weighted by molar-refractivity contribution is 0.102. The molecule has 1 amide bonds. The Bertz CT molecular complexity index is 943. The summed E-state index contributed by atoms with van der Waals surface area (Å²) in [6.07, 6.45) is 0. The fraction of sp³-hybridized carbons (Fsp3) is 0.333. The van der Waals surface area contributed by atoms with Crippen molar-refractivity contribution >= 4 is 17.4 Å². The molecule has 8 heteroatoms. The van der Waals surface area contributed by atoms with Gasteiger partial charge in [-0.1, -0.05) is 23.4 Å². The maximum atomic E-state index is 12.3. The monoisotopic (exact) mass is 392 g/mol. The van der Waals surface area contributed by atoms with Crippen LogP contribution in [0.15, 0.2) is 47.0 Å². The Hall–Kier alpha value is -3.26. The van der Waals surface area contributed by atoms with Crippen molar-refractivity contribution in [3.8, 4) is 0 Å². The highest BCUT2D eigenvalue weighted by atomic mass is 16.5. The number of aryl methyl sites for hydroxylation is 2. The van der Waals surface area contributed by atoms with Gasteiger partial charge in [-0.25, -0.2) is 0 Å². The van der Waals surface area contributed by atoms with Crippen LogP contribution in [0.1, 0.15) is 27.5 Å². The molecule has 3 aromatic rings. The molecule has 1 fully saturated rings. The van der Waals surface area contributed by atoms with E-state index in [0.717, 1.165) is 55.7 Å². The van der Waals surface area contributed by atoms with E-state index < -0.39 is 0 Å². The first-order chi connectivity index (χ1) is 14.1. The number of hydrogen-bond donors (Lipinski definition) is 1. The zero-order valence-corrected chi connectivity index (χ0v) is 16.6. The summed E-state index contributed by atoms with van der Waals surface area (Å²) in [5, 5.41) is 15.2. The van der Waals surface area contributed by atoms with Crippen molar-refractivity contribution in [1.82, 2.24) is 20.3 Å². The number of rotatable bonds is 5. The minimum atomic E-state index is -0.264. The number of carbonyl (C=O) groups excluding carboxylic acids is 1. The van der Waals surface area contributed by atoms with Gasteiger partial charge in [0.05, 0.1) is 5.69 Å². The Labute approximate surface area is 169 Å². The summed E-state index contributed by atoms with van der Waals surface area (Å²) in [6.45, 7) is 8.33. The predicted octanol–water partition coefficient (Wildman–Crippen LogP) is 2.66. The third kappa shape index (κ3) is 4.43. The molecular weight excluding hydrogens is 368 g/mol. The molecule has 1 aromatic carbocycles. The van der Waals surface area contributed by atoms with E-state index in [0.29, 0.717) is 5.69 Å². The highest BCUT2D eigenvalue weighted by Crippen LogP contribution is 2.18. The molecule has 1 aliphatic heterocycles. The second kappa shape index (κ2) is 8.40. The molecule has 1 aliphatic rings. The molecule has 0 aliphatic carbocycles. The van der Waals surface area contributed by atoms with Gasteiger partial charge < -0.3 is 14.7 Å². The van der Waals surface area contributed by atoms with Crippen molar-refractivity contribution in [2.75, 3.05) is 36.4 Å². The number of piperazine rings is 1. The molecule has 0 spiro atoms. The summed E-state index contributed by atoms with van der Waals surface area (Å²) in [7, 11) is 0. The molecule has 0 bridgehead atoms. The van der Waals surface area contributed by atoms with Gasteiger partial charge in [0.1, 0.15) is 5.76 Å². The van der Waals surface area contributed by atoms with E-state index in [9.17, 15) is 4.79 Å². The van der Waals surface area contributed by atoms with E-state index in [1.165, 1.54) is 5.56 Å². The zero-order chi connectivity index (χ0) is 20.2. The smallest absolute Gasteiger partial charge is 0.276 e. The molecule has 8 nitrogen and oxygen atoms in total.